The molecule has 2 aliphatic heterocycles. The van der Waals surface area contributed by atoms with Gasteiger partial charge in [-0.05, 0) is 53.8 Å². The van der Waals surface area contributed by atoms with Crippen molar-refractivity contribution in [3.63, 3.8) is 0 Å². The van der Waals surface area contributed by atoms with Crippen LogP contribution in [0.1, 0.15) is 24.0 Å². The molecule has 0 saturated heterocycles. The van der Waals surface area contributed by atoms with E-state index < -0.39 is 0 Å². The molecule has 0 unspecified atom stereocenters. The Hall–Kier alpha value is -3.48. The lowest BCUT2D eigenvalue weighted by molar-refractivity contribution is -0.125. The first kappa shape index (κ1) is 19.8. The molecule has 154 valence electrons. The van der Waals surface area contributed by atoms with Gasteiger partial charge in [-0.15, -0.1) is 0 Å². The molecule has 1 aromatic carbocycles. The van der Waals surface area contributed by atoms with E-state index in [0.29, 0.717) is 44.1 Å². The maximum atomic E-state index is 13.2. The van der Waals surface area contributed by atoms with E-state index >= 15 is 0 Å². The maximum absolute atomic E-state index is 13.2. The third-order valence-corrected chi connectivity index (χ3v) is 5.12. The molecule has 7 heteroatoms. The quantitative estimate of drug-likeness (QED) is 0.610. The Bertz CT molecular complexity index is 1030. The van der Waals surface area contributed by atoms with Crippen molar-refractivity contribution in [1.82, 2.24) is 9.88 Å². The van der Waals surface area contributed by atoms with Gasteiger partial charge in [0.05, 0.1) is 0 Å². The summed E-state index contributed by atoms with van der Waals surface area (Å²) in [4.78, 5) is 29.9. The van der Waals surface area contributed by atoms with Crippen LogP contribution in [-0.2, 0) is 16.0 Å². The largest absolute Gasteiger partial charge is 0.489 e. The van der Waals surface area contributed by atoms with Crippen LogP contribution in [0.3, 0.4) is 0 Å². The lowest BCUT2D eigenvalue weighted by atomic mass is 10.0. The van der Waals surface area contributed by atoms with Crippen LogP contribution in [0.25, 0.3) is 6.08 Å². The summed E-state index contributed by atoms with van der Waals surface area (Å²) in [7, 11) is 0. The third-order valence-electron chi connectivity index (χ3n) is 5.12. The van der Waals surface area contributed by atoms with Gasteiger partial charge in [0.15, 0.2) is 0 Å². The predicted molar refractivity (Wildman–Crippen MR) is 111 cm³/mol. The standard InChI is InChI=1S/C23H22FN3O3/c24-19-2-1-3-20(13-19)30-15-16-8-10-27(11-9-16)22(29)7-4-17-12-18-5-6-21(28)26-23(18)25-14-17/h1-4,7-8,12-14H,5-6,9-11,15H2,(H,25,26,28). The molecular weight excluding hydrogens is 385 g/mol. The maximum Gasteiger partial charge on any atom is 0.246 e. The topological polar surface area (TPSA) is 71.5 Å². The molecule has 0 spiro atoms. The number of nitrogens with zero attached hydrogens (tertiary/aromatic N) is 2. The highest BCUT2D eigenvalue weighted by Gasteiger charge is 2.17. The molecule has 0 aliphatic carbocycles. The molecule has 2 aromatic rings. The monoisotopic (exact) mass is 407 g/mol. The first-order valence-electron chi connectivity index (χ1n) is 9.89. The predicted octanol–water partition coefficient (Wildman–Crippen LogP) is 3.36. The zero-order chi connectivity index (χ0) is 20.9. The van der Waals surface area contributed by atoms with Crippen LogP contribution in [0.2, 0.25) is 0 Å². The molecule has 30 heavy (non-hydrogen) atoms. The van der Waals surface area contributed by atoms with Crippen molar-refractivity contribution in [2.24, 2.45) is 0 Å². The van der Waals surface area contributed by atoms with Crippen LogP contribution in [-0.4, -0.2) is 41.4 Å². The van der Waals surface area contributed by atoms with E-state index in [2.05, 4.69) is 10.3 Å². The minimum Gasteiger partial charge on any atom is -0.489 e. The number of carbonyl (C=O) groups is 2. The minimum atomic E-state index is -0.326. The molecule has 0 fully saturated rings. The van der Waals surface area contributed by atoms with Crippen molar-refractivity contribution in [1.29, 1.82) is 0 Å². The molecule has 0 atom stereocenters. The number of fused-ring (bicyclic) bond motifs is 1. The first-order valence-corrected chi connectivity index (χ1v) is 9.89. The molecule has 2 amide bonds. The van der Waals surface area contributed by atoms with Gasteiger partial charge in [-0.25, -0.2) is 9.37 Å². The Balaban J connectivity index is 1.30. The summed E-state index contributed by atoms with van der Waals surface area (Å²) < 4.78 is 18.8. The number of pyridine rings is 1. The number of benzene rings is 1. The second kappa shape index (κ2) is 8.90. The second-order valence-corrected chi connectivity index (χ2v) is 7.30. The van der Waals surface area contributed by atoms with Crippen LogP contribution in [0.4, 0.5) is 10.2 Å². The van der Waals surface area contributed by atoms with Gasteiger partial charge in [0.25, 0.3) is 0 Å². The van der Waals surface area contributed by atoms with Crippen LogP contribution in [0.5, 0.6) is 5.75 Å². The van der Waals surface area contributed by atoms with Crippen LogP contribution in [0, 0.1) is 5.82 Å². The number of carbonyl (C=O) groups excluding carboxylic acids is 2. The van der Waals surface area contributed by atoms with Crippen molar-refractivity contribution >= 4 is 23.7 Å². The number of aryl methyl sites for hydroxylation is 1. The van der Waals surface area contributed by atoms with Gasteiger partial charge in [-0.3, -0.25) is 9.59 Å². The SMILES string of the molecule is O=C1CCc2cc(C=CC(=O)N3CC=C(COc4cccc(F)c4)CC3)cnc2N1. The number of anilines is 1. The first-order chi connectivity index (χ1) is 14.6. The molecule has 1 N–H and O–H groups in total. The van der Waals surface area contributed by atoms with E-state index in [1.54, 1.807) is 35.4 Å². The minimum absolute atomic E-state index is 0.0210. The van der Waals surface area contributed by atoms with Crippen LogP contribution < -0.4 is 10.1 Å². The number of hydrogen-bond donors (Lipinski definition) is 1. The smallest absolute Gasteiger partial charge is 0.246 e. The van der Waals surface area contributed by atoms with Crippen molar-refractivity contribution in [3.05, 3.63) is 71.2 Å². The van der Waals surface area contributed by atoms with Gasteiger partial charge in [-0.2, -0.15) is 0 Å². The summed E-state index contributed by atoms with van der Waals surface area (Å²) >= 11 is 0. The number of rotatable bonds is 5. The number of hydrogen-bond acceptors (Lipinski definition) is 4. The number of halogens is 1. The molecule has 2 aliphatic rings. The fraction of sp³-hybridized carbons (Fsp3) is 0.261. The molecule has 4 rings (SSSR count). The van der Waals surface area contributed by atoms with E-state index in [0.717, 1.165) is 23.1 Å². The van der Waals surface area contributed by atoms with Crippen molar-refractivity contribution in [2.45, 2.75) is 19.3 Å². The molecule has 1 aromatic heterocycles. The Morgan fingerprint density at radius 3 is 2.97 bits per heavy atom. The second-order valence-electron chi connectivity index (χ2n) is 7.30. The van der Waals surface area contributed by atoms with E-state index in [9.17, 15) is 14.0 Å². The van der Waals surface area contributed by atoms with Crippen LogP contribution in [0.15, 0.2) is 54.3 Å². The highest BCUT2D eigenvalue weighted by Crippen LogP contribution is 2.21. The normalized spacial score (nSPS) is 16.1. The fourth-order valence-electron chi connectivity index (χ4n) is 3.41. The number of aromatic nitrogens is 1. The van der Waals surface area contributed by atoms with Gasteiger partial charge in [0, 0.05) is 37.8 Å². The lowest BCUT2D eigenvalue weighted by Crippen LogP contribution is -2.34. The van der Waals surface area contributed by atoms with Gasteiger partial charge in [0.1, 0.15) is 24.0 Å². The van der Waals surface area contributed by atoms with Crippen LogP contribution >= 0.6 is 0 Å². The van der Waals surface area contributed by atoms with Gasteiger partial charge in [-0.1, -0.05) is 12.1 Å². The Morgan fingerprint density at radius 2 is 2.17 bits per heavy atom. The number of amides is 2. The molecule has 0 saturated carbocycles. The van der Waals surface area contributed by atoms with Gasteiger partial charge < -0.3 is 15.0 Å². The van der Waals surface area contributed by atoms with Crippen molar-refractivity contribution in [2.75, 3.05) is 25.0 Å². The molecule has 0 radical (unpaired) electrons. The molecular formula is C23H22FN3O3. The number of nitrogens with one attached hydrogen (secondary N) is 1. The Labute approximate surface area is 174 Å². The molecule has 3 heterocycles. The van der Waals surface area contributed by atoms with Crippen molar-refractivity contribution in [3.8, 4) is 5.75 Å². The summed E-state index contributed by atoms with van der Waals surface area (Å²) in [6, 6.07) is 8.01. The average Bonchev–Trinajstić information content (AvgIpc) is 2.76. The summed E-state index contributed by atoms with van der Waals surface area (Å²) in [5.74, 6) is 0.682. The Kier molecular flexibility index (Phi) is 5.88. The summed E-state index contributed by atoms with van der Waals surface area (Å²) in [6.07, 6.45) is 8.75. The van der Waals surface area contributed by atoms with Gasteiger partial charge in [0.2, 0.25) is 11.8 Å². The lowest BCUT2D eigenvalue weighted by Gasteiger charge is -2.25. The zero-order valence-electron chi connectivity index (χ0n) is 16.4. The zero-order valence-corrected chi connectivity index (χ0v) is 16.4. The van der Waals surface area contributed by atoms with Crippen molar-refractivity contribution < 1.29 is 18.7 Å². The highest BCUT2D eigenvalue weighted by atomic mass is 19.1. The Morgan fingerprint density at radius 1 is 1.27 bits per heavy atom. The fourth-order valence-corrected chi connectivity index (χ4v) is 3.41. The van der Waals surface area contributed by atoms with Gasteiger partial charge >= 0.3 is 0 Å². The summed E-state index contributed by atoms with van der Waals surface area (Å²) in [5, 5.41) is 2.75. The molecule has 6 nitrogen and oxygen atoms in total. The third kappa shape index (κ3) is 4.92. The van der Waals surface area contributed by atoms with E-state index in [1.807, 2.05) is 12.1 Å². The van der Waals surface area contributed by atoms with E-state index in [-0.39, 0.29) is 17.6 Å². The summed E-state index contributed by atoms with van der Waals surface area (Å²) in [5.41, 5.74) is 2.90. The van der Waals surface area contributed by atoms with E-state index in [4.69, 9.17) is 4.74 Å². The average molecular weight is 407 g/mol. The van der Waals surface area contributed by atoms with E-state index in [1.165, 1.54) is 12.1 Å². The molecule has 0 bridgehead atoms. The number of ether oxygens (including phenoxy) is 1. The highest BCUT2D eigenvalue weighted by molar-refractivity contribution is 5.94. The summed E-state index contributed by atoms with van der Waals surface area (Å²) in [6.45, 7) is 1.51.